The molecule has 104 valence electrons. The van der Waals surface area contributed by atoms with E-state index in [1.165, 1.54) is 10.4 Å². The predicted molar refractivity (Wildman–Crippen MR) is 84.7 cm³/mol. The molecular weight excluding hydrogens is 278 g/mol. The summed E-state index contributed by atoms with van der Waals surface area (Å²) in [6, 6.07) is 8.11. The van der Waals surface area contributed by atoms with Crippen LogP contribution in [0.2, 0.25) is 0 Å². The fraction of sp³-hybridized carbons (Fsp3) is 0.357. The maximum Gasteiger partial charge on any atom is 0.0801 e. The highest BCUT2D eigenvalue weighted by atomic mass is 35.5. The zero-order valence-electron chi connectivity index (χ0n) is 11.4. The molecule has 1 aromatic carbocycles. The number of aromatic nitrogens is 1. The molecule has 2 rings (SSSR count). The summed E-state index contributed by atoms with van der Waals surface area (Å²) < 4.78 is 0. The van der Waals surface area contributed by atoms with Gasteiger partial charge in [0.05, 0.1) is 16.1 Å². The number of nitrogens with two attached hydrogens (primary N) is 2. The number of hydrogen-bond acceptors (Lipinski definition) is 4. The van der Waals surface area contributed by atoms with Gasteiger partial charge in [0.2, 0.25) is 0 Å². The van der Waals surface area contributed by atoms with Crippen LogP contribution in [-0.2, 0) is 0 Å². The van der Waals surface area contributed by atoms with Crippen LogP contribution in [0.3, 0.4) is 0 Å². The van der Waals surface area contributed by atoms with E-state index < -0.39 is 5.54 Å². The summed E-state index contributed by atoms with van der Waals surface area (Å²) in [7, 11) is 0. The molecule has 4 N–H and O–H groups in total. The summed E-state index contributed by atoms with van der Waals surface area (Å²) in [5.41, 5.74) is 16.9. The van der Waals surface area contributed by atoms with Crippen molar-refractivity contribution < 1.29 is 0 Å². The van der Waals surface area contributed by atoms with E-state index in [-0.39, 0.29) is 18.4 Å². The van der Waals surface area contributed by atoms with E-state index in [0.717, 1.165) is 11.3 Å². The summed E-state index contributed by atoms with van der Waals surface area (Å²) in [5.74, 6) is 0. The molecule has 0 saturated carbocycles. The number of thiazole rings is 1. The van der Waals surface area contributed by atoms with Gasteiger partial charge in [-0.1, -0.05) is 24.3 Å². The second-order valence-electron chi connectivity index (χ2n) is 5.19. The molecule has 1 atom stereocenters. The SMILES string of the molecule is Cc1ncsc1-c1ccc(C(N)C(C)(C)N)cc1.Cl. The van der Waals surface area contributed by atoms with Crippen LogP contribution in [0.4, 0.5) is 0 Å². The molecule has 0 spiro atoms. The largest absolute Gasteiger partial charge is 0.324 e. The van der Waals surface area contributed by atoms with Gasteiger partial charge >= 0.3 is 0 Å². The topological polar surface area (TPSA) is 64.9 Å². The zero-order chi connectivity index (χ0) is 13.3. The monoisotopic (exact) mass is 297 g/mol. The lowest BCUT2D eigenvalue weighted by Crippen LogP contribution is -2.43. The summed E-state index contributed by atoms with van der Waals surface area (Å²) in [6.45, 7) is 5.91. The van der Waals surface area contributed by atoms with Gasteiger partial charge in [0.25, 0.3) is 0 Å². The van der Waals surface area contributed by atoms with E-state index in [1.807, 2.05) is 38.4 Å². The van der Waals surface area contributed by atoms with Crippen molar-refractivity contribution in [3.05, 3.63) is 41.0 Å². The van der Waals surface area contributed by atoms with Gasteiger partial charge in [0, 0.05) is 11.6 Å². The van der Waals surface area contributed by atoms with Crippen LogP contribution in [0.5, 0.6) is 0 Å². The highest BCUT2D eigenvalue weighted by Crippen LogP contribution is 2.29. The first-order chi connectivity index (χ1) is 8.39. The Bertz CT molecular complexity index is 528. The lowest BCUT2D eigenvalue weighted by atomic mass is 9.90. The minimum absolute atomic E-state index is 0. The third-order valence-electron chi connectivity index (χ3n) is 3.08. The van der Waals surface area contributed by atoms with Crippen LogP contribution in [0, 0.1) is 6.92 Å². The zero-order valence-corrected chi connectivity index (χ0v) is 13.0. The van der Waals surface area contributed by atoms with E-state index in [4.69, 9.17) is 11.5 Å². The lowest BCUT2D eigenvalue weighted by Gasteiger charge is -2.27. The number of hydrogen-bond donors (Lipinski definition) is 2. The van der Waals surface area contributed by atoms with Gasteiger partial charge in [-0.15, -0.1) is 23.7 Å². The van der Waals surface area contributed by atoms with E-state index in [9.17, 15) is 0 Å². The van der Waals surface area contributed by atoms with Crippen molar-refractivity contribution in [2.75, 3.05) is 0 Å². The average Bonchev–Trinajstić information content (AvgIpc) is 2.73. The van der Waals surface area contributed by atoms with E-state index in [1.54, 1.807) is 11.3 Å². The fourth-order valence-corrected chi connectivity index (χ4v) is 2.66. The van der Waals surface area contributed by atoms with E-state index in [0.29, 0.717) is 0 Å². The second kappa shape index (κ2) is 6.01. The number of benzene rings is 1. The van der Waals surface area contributed by atoms with Crippen molar-refractivity contribution in [3.63, 3.8) is 0 Å². The van der Waals surface area contributed by atoms with Gasteiger partial charge in [-0.25, -0.2) is 4.98 Å². The average molecular weight is 298 g/mol. The number of aryl methyl sites for hydroxylation is 1. The van der Waals surface area contributed by atoms with E-state index >= 15 is 0 Å². The smallest absolute Gasteiger partial charge is 0.0801 e. The van der Waals surface area contributed by atoms with Crippen LogP contribution in [0.1, 0.15) is 31.1 Å². The van der Waals surface area contributed by atoms with Crippen molar-refractivity contribution in [1.82, 2.24) is 4.98 Å². The Morgan fingerprint density at radius 3 is 2.21 bits per heavy atom. The van der Waals surface area contributed by atoms with Crippen LogP contribution in [-0.4, -0.2) is 10.5 Å². The third kappa shape index (κ3) is 3.54. The lowest BCUT2D eigenvalue weighted by molar-refractivity contribution is 0.420. The van der Waals surface area contributed by atoms with Crippen molar-refractivity contribution in [2.45, 2.75) is 32.4 Å². The highest BCUT2D eigenvalue weighted by Gasteiger charge is 2.22. The quantitative estimate of drug-likeness (QED) is 0.914. The third-order valence-corrected chi connectivity index (χ3v) is 4.06. The molecule has 0 bridgehead atoms. The highest BCUT2D eigenvalue weighted by molar-refractivity contribution is 7.13. The van der Waals surface area contributed by atoms with Crippen molar-refractivity contribution in [2.24, 2.45) is 11.5 Å². The minimum Gasteiger partial charge on any atom is -0.324 e. The molecule has 3 nitrogen and oxygen atoms in total. The molecule has 0 fully saturated rings. The Labute approximate surface area is 124 Å². The molecule has 0 amide bonds. The Hall–Kier alpha value is -0.940. The normalized spacial score (nSPS) is 12.9. The number of nitrogens with zero attached hydrogens (tertiary/aromatic N) is 1. The molecule has 0 saturated heterocycles. The Morgan fingerprint density at radius 1 is 1.21 bits per heavy atom. The first-order valence-corrected chi connectivity index (χ1v) is 6.82. The van der Waals surface area contributed by atoms with Gasteiger partial charge in [0.1, 0.15) is 0 Å². The molecule has 2 aromatic rings. The first kappa shape index (κ1) is 16.1. The van der Waals surface area contributed by atoms with Crippen LogP contribution < -0.4 is 11.5 Å². The second-order valence-corrected chi connectivity index (χ2v) is 6.04. The minimum atomic E-state index is -0.415. The van der Waals surface area contributed by atoms with E-state index in [2.05, 4.69) is 17.1 Å². The molecular formula is C14H20ClN3S. The molecule has 1 unspecified atom stereocenters. The summed E-state index contributed by atoms with van der Waals surface area (Å²) in [6.07, 6.45) is 0. The van der Waals surface area contributed by atoms with Crippen LogP contribution in [0.15, 0.2) is 29.8 Å². The molecule has 1 aromatic heterocycles. The van der Waals surface area contributed by atoms with Gasteiger partial charge < -0.3 is 11.5 Å². The Kier molecular flexibility index (Phi) is 5.10. The van der Waals surface area contributed by atoms with Crippen LogP contribution >= 0.6 is 23.7 Å². The van der Waals surface area contributed by atoms with Gasteiger partial charge in [-0.3, -0.25) is 0 Å². The molecule has 5 heteroatoms. The summed E-state index contributed by atoms with van der Waals surface area (Å²) >= 11 is 1.66. The maximum absolute atomic E-state index is 6.14. The molecule has 19 heavy (non-hydrogen) atoms. The fourth-order valence-electron chi connectivity index (χ4n) is 1.85. The maximum atomic E-state index is 6.14. The predicted octanol–water partition coefficient (Wildman–Crippen LogP) is 3.28. The van der Waals surface area contributed by atoms with Gasteiger partial charge in [-0.2, -0.15) is 0 Å². The molecule has 0 aliphatic heterocycles. The van der Waals surface area contributed by atoms with Crippen molar-refractivity contribution in [3.8, 4) is 10.4 Å². The number of rotatable bonds is 3. The van der Waals surface area contributed by atoms with Crippen LogP contribution in [0.25, 0.3) is 10.4 Å². The summed E-state index contributed by atoms with van der Waals surface area (Å²) in [4.78, 5) is 5.47. The van der Waals surface area contributed by atoms with Gasteiger partial charge in [-0.05, 0) is 31.9 Å². The molecule has 0 aliphatic carbocycles. The molecule has 0 radical (unpaired) electrons. The summed E-state index contributed by atoms with van der Waals surface area (Å²) in [5, 5.41) is 0. The number of halogens is 1. The van der Waals surface area contributed by atoms with Gasteiger partial charge in [0.15, 0.2) is 0 Å². The van der Waals surface area contributed by atoms with Crippen molar-refractivity contribution in [1.29, 1.82) is 0 Å². The Morgan fingerprint density at radius 2 is 1.79 bits per heavy atom. The standard InChI is InChI=1S/C14H19N3S.ClH/c1-9-12(18-8-17-9)10-4-6-11(7-5-10)13(15)14(2,3)16;/h4-8,13H,15-16H2,1-3H3;1H. The molecule has 0 aliphatic rings. The van der Waals surface area contributed by atoms with Crippen molar-refractivity contribution >= 4 is 23.7 Å². The first-order valence-electron chi connectivity index (χ1n) is 5.94. The molecule has 1 heterocycles. The Balaban J connectivity index is 0.00000180.